The highest BCUT2D eigenvalue weighted by atomic mass is 127. The van der Waals surface area contributed by atoms with Crippen LogP contribution in [0.4, 0.5) is 0 Å². The summed E-state index contributed by atoms with van der Waals surface area (Å²) < 4.78 is 0. The topological polar surface area (TPSA) is 59.9 Å². The molecule has 0 bridgehead atoms. The first-order valence-corrected chi connectivity index (χ1v) is 10.3. The molecule has 0 radical (unpaired) electrons. The van der Waals surface area contributed by atoms with Gasteiger partial charge in [-0.2, -0.15) is 0 Å². The molecule has 150 valence electrons. The van der Waals surface area contributed by atoms with Gasteiger partial charge in [-0.3, -0.25) is 4.90 Å². The number of thiophene rings is 1. The molecule has 0 spiro atoms. The van der Waals surface area contributed by atoms with Gasteiger partial charge in [-0.1, -0.05) is 19.9 Å². The van der Waals surface area contributed by atoms with Crippen LogP contribution in [0.5, 0.6) is 0 Å². The molecule has 1 fully saturated rings. The van der Waals surface area contributed by atoms with Gasteiger partial charge in [-0.15, -0.1) is 35.3 Å². The SMILES string of the molecule is CCNC(=NCC(C)(O)c1cccs1)NCC(C(C)C)N1CCCC1.I. The van der Waals surface area contributed by atoms with Gasteiger partial charge < -0.3 is 15.7 Å². The molecule has 5 nitrogen and oxygen atoms in total. The fourth-order valence-corrected chi connectivity index (χ4v) is 4.08. The molecule has 1 saturated heterocycles. The van der Waals surface area contributed by atoms with Crippen molar-refractivity contribution in [2.75, 3.05) is 32.7 Å². The van der Waals surface area contributed by atoms with Crippen molar-refractivity contribution >= 4 is 41.3 Å². The Balaban J connectivity index is 0.00000338. The molecule has 2 rings (SSSR count). The molecule has 0 saturated carbocycles. The van der Waals surface area contributed by atoms with E-state index in [0.29, 0.717) is 18.5 Å². The lowest BCUT2D eigenvalue weighted by Crippen LogP contribution is -2.48. The average Bonchev–Trinajstić information content (AvgIpc) is 3.26. The van der Waals surface area contributed by atoms with Gasteiger partial charge in [0.2, 0.25) is 0 Å². The van der Waals surface area contributed by atoms with Crippen LogP contribution in [0.15, 0.2) is 22.5 Å². The predicted octanol–water partition coefficient (Wildman–Crippen LogP) is 3.25. The number of nitrogens with one attached hydrogen (secondary N) is 2. The first kappa shape index (κ1) is 23.7. The third-order valence-electron chi connectivity index (χ3n) is 4.80. The normalized spacial score (nSPS) is 19.1. The molecule has 1 aliphatic rings. The predicted molar refractivity (Wildman–Crippen MR) is 123 cm³/mol. The van der Waals surface area contributed by atoms with Gasteiger partial charge in [0.05, 0.1) is 6.54 Å². The number of nitrogens with zero attached hydrogens (tertiary/aromatic N) is 2. The Bertz CT molecular complexity index is 528. The number of hydrogen-bond acceptors (Lipinski definition) is 4. The summed E-state index contributed by atoms with van der Waals surface area (Å²) in [6, 6.07) is 4.44. The van der Waals surface area contributed by atoms with Crippen molar-refractivity contribution in [3.8, 4) is 0 Å². The van der Waals surface area contributed by atoms with E-state index in [2.05, 4.69) is 41.3 Å². The largest absolute Gasteiger partial charge is 0.383 e. The van der Waals surface area contributed by atoms with Crippen LogP contribution >= 0.6 is 35.3 Å². The molecule has 7 heteroatoms. The molecule has 3 N–H and O–H groups in total. The maximum atomic E-state index is 10.7. The standard InChI is InChI=1S/C19H34N4OS.HI/c1-5-20-18(22-14-19(4,24)17-9-8-12-25-17)21-13-16(15(2)3)23-10-6-7-11-23;/h8-9,12,15-16,24H,5-7,10-11,13-14H2,1-4H3,(H2,20,21,22);1H. The summed E-state index contributed by atoms with van der Waals surface area (Å²) in [6.45, 7) is 12.9. The molecule has 1 aliphatic heterocycles. The number of halogens is 1. The van der Waals surface area contributed by atoms with Gasteiger partial charge in [-0.05, 0) is 57.1 Å². The van der Waals surface area contributed by atoms with Gasteiger partial charge in [0.25, 0.3) is 0 Å². The van der Waals surface area contributed by atoms with E-state index in [1.54, 1.807) is 11.3 Å². The monoisotopic (exact) mass is 494 g/mol. The summed E-state index contributed by atoms with van der Waals surface area (Å²) in [5.74, 6) is 1.38. The summed E-state index contributed by atoms with van der Waals surface area (Å²) in [5, 5.41) is 19.4. The van der Waals surface area contributed by atoms with Gasteiger partial charge in [-0.25, -0.2) is 4.99 Å². The number of rotatable bonds is 8. The second-order valence-electron chi connectivity index (χ2n) is 7.38. The van der Waals surface area contributed by atoms with Crippen LogP contribution < -0.4 is 10.6 Å². The van der Waals surface area contributed by atoms with Crippen molar-refractivity contribution < 1.29 is 5.11 Å². The van der Waals surface area contributed by atoms with E-state index in [1.165, 1.54) is 25.9 Å². The van der Waals surface area contributed by atoms with Crippen molar-refractivity contribution in [3.63, 3.8) is 0 Å². The van der Waals surface area contributed by atoms with Crippen molar-refractivity contribution in [2.45, 2.75) is 52.2 Å². The van der Waals surface area contributed by atoms with Gasteiger partial charge in [0.15, 0.2) is 5.96 Å². The molecular formula is C19H35IN4OS. The van der Waals surface area contributed by atoms with Crippen LogP contribution in [-0.2, 0) is 5.60 Å². The Hall–Kier alpha value is -0.380. The van der Waals surface area contributed by atoms with Crippen molar-refractivity contribution in [2.24, 2.45) is 10.9 Å². The van der Waals surface area contributed by atoms with E-state index in [4.69, 9.17) is 0 Å². The average molecular weight is 494 g/mol. The number of hydrogen-bond donors (Lipinski definition) is 3. The van der Waals surface area contributed by atoms with Gasteiger partial charge in [0, 0.05) is 24.0 Å². The Morgan fingerprint density at radius 2 is 2.04 bits per heavy atom. The molecule has 0 aromatic carbocycles. The molecule has 2 atom stereocenters. The first-order chi connectivity index (χ1) is 11.9. The molecular weight excluding hydrogens is 459 g/mol. The number of aliphatic hydroxyl groups is 1. The van der Waals surface area contributed by atoms with Crippen molar-refractivity contribution in [3.05, 3.63) is 22.4 Å². The third kappa shape index (κ3) is 6.98. The third-order valence-corrected chi connectivity index (χ3v) is 5.92. The highest BCUT2D eigenvalue weighted by Gasteiger charge is 2.26. The lowest BCUT2D eigenvalue weighted by molar-refractivity contribution is 0.0711. The minimum atomic E-state index is -0.928. The van der Waals surface area contributed by atoms with Gasteiger partial charge >= 0.3 is 0 Å². The molecule has 26 heavy (non-hydrogen) atoms. The van der Waals surface area contributed by atoms with Crippen LogP contribution in [0.3, 0.4) is 0 Å². The van der Waals surface area contributed by atoms with E-state index in [9.17, 15) is 5.11 Å². The highest BCUT2D eigenvalue weighted by Crippen LogP contribution is 2.25. The fraction of sp³-hybridized carbons (Fsp3) is 0.737. The van der Waals surface area contributed by atoms with Crippen LogP contribution in [0.1, 0.15) is 45.4 Å². The lowest BCUT2D eigenvalue weighted by atomic mass is 10.0. The van der Waals surface area contributed by atoms with Crippen molar-refractivity contribution in [1.29, 1.82) is 0 Å². The van der Waals surface area contributed by atoms with Crippen LogP contribution in [0.2, 0.25) is 0 Å². The zero-order valence-corrected chi connectivity index (χ0v) is 19.6. The summed E-state index contributed by atoms with van der Waals surface area (Å²) in [7, 11) is 0. The summed E-state index contributed by atoms with van der Waals surface area (Å²) >= 11 is 1.57. The van der Waals surface area contributed by atoms with Crippen molar-refractivity contribution in [1.82, 2.24) is 15.5 Å². The summed E-state index contributed by atoms with van der Waals surface area (Å²) in [5.41, 5.74) is -0.928. The Morgan fingerprint density at radius 1 is 1.35 bits per heavy atom. The maximum absolute atomic E-state index is 10.7. The quantitative estimate of drug-likeness (QED) is 0.295. The summed E-state index contributed by atoms with van der Waals surface area (Å²) in [4.78, 5) is 8.17. The molecule has 2 heterocycles. The van der Waals surface area contributed by atoms with E-state index < -0.39 is 5.60 Å². The minimum Gasteiger partial charge on any atom is -0.383 e. The number of likely N-dealkylation sites (tertiary alicyclic amines) is 1. The van der Waals surface area contributed by atoms with E-state index in [1.807, 2.05) is 24.4 Å². The Morgan fingerprint density at radius 3 is 2.58 bits per heavy atom. The molecule has 1 aromatic rings. The van der Waals surface area contributed by atoms with E-state index >= 15 is 0 Å². The first-order valence-electron chi connectivity index (χ1n) is 9.46. The number of aliphatic imine (C=N–C) groups is 1. The second kappa shape index (κ2) is 11.5. The molecule has 1 aromatic heterocycles. The Labute approximate surface area is 179 Å². The van der Waals surface area contributed by atoms with Crippen LogP contribution in [-0.4, -0.2) is 54.7 Å². The van der Waals surface area contributed by atoms with Crippen LogP contribution in [0, 0.1) is 5.92 Å². The Kier molecular flexibility index (Phi) is 10.4. The molecule has 0 amide bonds. The zero-order valence-electron chi connectivity index (χ0n) is 16.5. The smallest absolute Gasteiger partial charge is 0.191 e. The lowest BCUT2D eigenvalue weighted by Gasteiger charge is -2.31. The van der Waals surface area contributed by atoms with E-state index in [-0.39, 0.29) is 24.0 Å². The maximum Gasteiger partial charge on any atom is 0.191 e. The number of guanidine groups is 1. The molecule has 2 unspecified atom stereocenters. The fourth-order valence-electron chi connectivity index (χ4n) is 3.30. The van der Waals surface area contributed by atoms with Gasteiger partial charge in [0.1, 0.15) is 5.60 Å². The minimum absolute atomic E-state index is 0. The molecule has 0 aliphatic carbocycles. The zero-order chi connectivity index (χ0) is 18.3. The van der Waals surface area contributed by atoms with Crippen LogP contribution in [0.25, 0.3) is 0 Å². The van der Waals surface area contributed by atoms with E-state index in [0.717, 1.165) is 23.9 Å². The highest BCUT2D eigenvalue weighted by molar-refractivity contribution is 14.0. The summed E-state index contributed by atoms with van der Waals surface area (Å²) in [6.07, 6.45) is 2.61. The second-order valence-corrected chi connectivity index (χ2v) is 8.33.